The monoisotopic (exact) mass is 439 g/mol. The molecule has 2 heterocycles. The lowest BCUT2D eigenvalue weighted by molar-refractivity contribution is -0.134. The van der Waals surface area contributed by atoms with Crippen LogP contribution in [0, 0.1) is 17.2 Å². The molecule has 2 aliphatic rings. The maximum atomic E-state index is 13.3. The molecule has 1 aromatic heterocycles. The van der Waals surface area contributed by atoms with Crippen LogP contribution in [0.5, 0.6) is 0 Å². The van der Waals surface area contributed by atoms with E-state index in [0.29, 0.717) is 13.1 Å². The van der Waals surface area contributed by atoms with Crippen LogP contribution in [0.2, 0.25) is 0 Å². The smallest absolute Gasteiger partial charge is 0.226 e. The van der Waals surface area contributed by atoms with Gasteiger partial charge in [-0.2, -0.15) is 0 Å². The highest BCUT2D eigenvalue weighted by atomic mass is 35.5. The fourth-order valence-corrected chi connectivity index (χ4v) is 4.29. The van der Waals surface area contributed by atoms with Crippen LogP contribution >= 0.6 is 24.8 Å². The highest BCUT2D eigenvalue weighted by molar-refractivity contribution is 5.85. The lowest BCUT2D eigenvalue weighted by atomic mass is 9.91. The van der Waals surface area contributed by atoms with Gasteiger partial charge in [0.25, 0.3) is 0 Å². The number of benzene rings is 1. The van der Waals surface area contributed by atoms with Crippen LogP contribution in [0.3, 0.4) is 0 Å². The number of carbonyl (C=O) groups excluding carboxylic acids is 1. The van der Waals surface area contributed by atoms with Crippen molar-refractivity contribution >= 4 is 30.7 Å². The highest BCUT2D eigenvalue weighted by Gasteiger charge is 2.58. The summed E-state index contributed by atoms with van der Waals surface area (Å²) in [5.41, 5.74) is 2.32. The van der Waals surface area contributed by atoms with Gasteiger partial charge in [-0.25, -0.2) is 4.39 Å². The Bertz CT molecular complexity index is 782. The molecule has 0 radical (unpaired) electrons. The second-order valence-corrected chi connectivity index (χ2v) is 7.87. The molecule has 1 aliphatic heterocycles. The second kappa shape index (κ2) is 10.4. The van der Waals surface area contributed by atoms with Gasteiger partial charge in [-0.15, -0.1) is 24.8 Å². The van der Waals surface area contributed by atoms with Gasteiger partial charge in [-0.3, -0.25) is 9.78 Å². The van der Waals surface area contributed by atoms with E-state index in [1.165, 1.54) is 12.1 Å². The standard InChI is InChI=1S/C22H26FN3O.2ClH/c23-19-5-3-17(4-6-19)7-13-26(16-18-2-1-10-25-15-18)21(27)20-14-22(20)8-11-24-12-9-22;;/h1-6,10,15,20,24H,7-9,11-14,16H2;2*1H. The van der Waals surface area contributed by atoms with E-state index in [1.807, 2.05) is 23.2 Å². The lowest BCUT2D eigenvalue weighted by Gasteiger charge is -2.27. The summed E-state index contributed by atoms with van der Waals surface area (Å²) in [6.45, 7) is 3.26. The van der Waals surface area contributed by atoms with Gasteiger partial charge in [-0.1, -0.05) is 18.2 Å². The Morgan fingerprint density at radius 3 is 2.52 bits per heavy atom. The summed E-state index contributed by atoms with van der Waals surface area (Å²) in [5.74, 6) is 0.195. The van der Waals surface area contributed by atoms with Gasteiger partial charge >= 0.3 is 0 Å². The molecule has 29 heavy (non-hydrogen) atoms. The van der Waals surface area contributed by atoms with E-state index in [-0.39, 0.29) is 47.9 Å². The Kier molecular flexibility index (Phi) is 8.44. The number of hydrogen-bond donors (Lipinski definition) is 1. The summed E-state index contributed by atoms with van der Waals surface area (Å²) in [7, 11) is 0. The molecule has 2 aromatic rings. The average molecular weight is 440 g/mol. The fourth-order valence-electron chi connectivity index (χ4n) is 4.29. The van der Waals surface area contributed by atoms with E-state index in [0.717, 1.165) is 49.9 Å². The van der Waals surface area contributed by atoms with Gasteiger partial charge in [0.2, 0.25) is 5.91 Å². The molecule has 1 saturated carbocycles. The molecule has 158 valence electrons. The number of rotatable bonds is 6. The van der Waals surface area contributed by atoms with Crippen molar-refractivity contribution in [1.29, 1.82) is 0 Å². The number of amides is 1. The van der Waals surface area contributed by atoms with Gasteiger partial charge in [0, 0.05) is 31.4 Å². The molecule has 1 saturated heterocycles. The van der Waals surface area contributed by atoms with Crippen LogP contribution in [0.25, 0.3) is 0 Å². The molecule has 1 spiro atoms. The van der Waals surface area contributed by atoms with Crippen LogP contribution in [0.4, 0.5) is 4.39 Å². The van der Waals surface area contributed by atoms with Crippen molar-refractivity contribution < 1.29 is 9.18 Å². The topological polar surface area (TPSA) is 45.2 Å². The molecular weight excluding hydrogens is 412 g/mol. The van der Waals surface area contributed by atoms with Crippen LogP contribution in [0.1, 0.15) is 30.4 Å². The summed E-state index contributed by atoms with van der Waals surface area (Å²) in [6, 6.07) is 10.5. The average Bonchev–Trinajstić information content (AvgIpc) is 3.40. The Balaban J connectivity index is 0.00000150. The van der Waals surface area contributed by atoms with Gasteiger partial charge in [-0.05, 0) is 73.5 Å². The summed E-state index contributed by atoms with van der Waals surface area (Å²) in [5, 5.41) is 3.40. The molecule has 4 rings (SSSR count). The van der Waals surface area contributed by atoms with Crippen molar-refractivity contribution in [3.63, 3.8) is 0 Å². The number of nitrogens with zero attached hydrogens (tertiary/aromatic N) is 2. The second-order valence-electron chi connectivity index (χ2n) is 7.87. The van der Waals surface area contributed by atoms with Crippen LogP contribution in [-0.2, 0) is 17.8 Å². The molecule has 1 amide bonds. The molecule has 7 heteroatoms. The number of aromatic nitrogens is 1. The van der Waals surface area contributed by atoms with Crippen LogP contribution < -0.4 is 5.32 Å². The first-order valence-electron chi connectivity index (χ1n) is 9.79. The minimum absolute atomic E-state index is 0. The number of pyridine rings is 1. The predicted octanol–water partition coefficient (Wildman–Crippen LogP) is 4.03. The normalized spacial score (nSPS) is 19.0. The van der Waals surface area contributed by atoms with Crippen molar-refractivity contribution in [3.8, 4) is 0 Å². The Hall–Kier alpha value is -1.69. The van der Waals surface area contributed by atoms with Crippen LogP contribution in [-0.4, -0.2) is 35.4 Å². The molecule has 1 N–H and O–H groups in total. The van der Waals surface area contributed by atoms with Crippen molar-refractivity contribution in [3.05, 3.63) is 65.7 Å². The zero-order valence-corrected chi connectivity index (χ0v) is 18.0. The fraction of sp³-hybridized carbons (Fsp3) is 0.455. The SMILES string of the molecule is Cl.Cl.O=C(C1CC12CCNCC2)N(CCc1ccc(F)cc1)Cc1cccnc1. The first-order chi connectivity index (χ1) is 13.2. The quantitative estimate of drug-likeness (QED) is 0.738. The van der Waals surface area contributed by atoms with E-state index in [2.05, 4.69) is 10.3 Å². The number of carbonyl (C=O) groups is 1. The summed E-state index contributed by atoms with van der Waals surface area (Å²) < 4.78 is 13.1. The minimum Gasteiger partial charge on any atom is -0.338 e. The Labute approximate surface area is 184 Å². The van der Waals surface area contributed by atoms with Gasteiger partial charge in [0.15, 0.2) is 0 Å². The molecule has 1 atom stereocenters. The van der Waals surface area contributed by atoms with Gasteiger partial charge < -0.3 is 10.2 Å². The largest absolute Gasteiger partial charge is 0.338 e. The van der Waals surface area contributed by atoms with Crippen LogP contribution in [0.15, 0.2) is 48.8 Å². The van der Waals surface area contributed by atoms with E-state index < -0.39 is 0 Å². The molecule has 2 fully saturated rings. The van der Waals surface area contributed by atoms with Gasteiger partial charge in [0.05, 0.1) is 0 Å². The molecule has 1 unspecified atom stereocenters. The lowest BCUT2D eigenvalue weighted by Crippen LogP contribution is -2.37. The number of hydrogen-bond acceptors (Lipinski definition) is 3. The minimum atomic E-state index is -0.229. The highest BCUT2D eigenvalue weighted by Crippen LogP contribution is 2.59. The molecule has 0 bridgehead atoms. The third kappa shape index (κ3) is 5.68. The van der Waals surface area contributed by atoms with E-state index in [9.17, 15) is 9.18 Å². The number of halogens is 3. The predicted molar refractivity (Wildman–Crippen MR) is 117 cm³/mol. The number of nitrogens with one attached hydrogen (secondary N) is 1. The molecule has 1 aromatic carbocycles. The van der Waals surface area contributed by atoms with E-state index in [1.54, 1.807) is 18.3 Å². The van der Waals surface area contributed by atoms with Crippen molar-refractivity contribution in [2.75, 3.05) is 19.6 Å². The Morgan fingerprint density at radius 1 is 1.14 bits per heavy atom. The third-order valence-electron chi connectivity index (χ3n) is 6.08. The van der Waals surface area contributed by atoms with E-state index in [4.69, 9.17) is 0 Å². The van der Waals surface area contributed by atoms with Crippen molar-refractivity contribution in [1.82, 2.24) is 15.2 Å². The molecule has 1 aliphatic carbocycles. The summed E-state index contributed by atoms with van der Waals surface area (Å²) in [6.07, 6.45) is 7.52. The number of piperidine rings is 1. The zero-order valence-electron chi connectivity index (χ0n) is 16.4. The Morgan fingerprint density at radius 2 is 1.86 bits per heavy atom. The molecule has 4 nitrogen and oxygen atoms in total. The summed E-state index contributed by atoms with van der Waals surface area (Å²) in [4.78, 5) is 19.4. The summed E-state index contributed by atoms with van der Waals surface area (Å²) >= 11 is 0. The first kappa shape index (κ1) is 23.6. The van der Waals surface area contributed by atoms with Gasteiger partial charge in [0.1, 0.15) is 5.82 Å². The third-order valence-corrected chi connectivity index (χ3v) is 6.08. The zero-order chi connectivity index (χ0) is 18.7. The van der Waals surface area contributed by atoms with Crippen molar-refractivity contribution in [2.24, 2.45) is 11.3 Å². The molecular formula is C22H28Cl2FN3O. The van der Waals surface area contributed by atoms with Crippen molar-refractivity contribution in [2.45, 2.75) is 32.2 Å². The maximum Gasteiger partial charge on any atom is 0.226 e. The van der Waals surface area contributed by atoms with E-state index >= 15 is 0 Å². The first-order valence-corrected chi connectivity index (χ1v) is 9.79. The maximum absolute atomic E-state index is 13.3.